The minimum atomic E-state index is -0.792. The average molecular weight is 254 g/mol. The van der Waals surface area contributed by atoms with Gasteiger partial charge >= 0.3 is 5.97 Å². The van der Waals surface area contributed by atoms with Crippen LogP contribution in [0.15, 0.2) is 11.6 Å². The van der Waals surface area contributed by atoms with Gasteiger partial charge in [0.05, 0.1) is 0 Å². The molecular weight excluding hydrogens is 224 g/mol. The maximum absolute atomic E-state index is 10.6. The topological polar surface area (TPSA) is 37.3 Å². The summed E-state index contributed by atoms with van der Waals surface area (Å²) < 4.78 is 0. The fraction of sp³-hybridized carbons (Fsp3) is 0.812. The van der Waals surface area contributed by atoms with Gasteiger partial charge in [-0.2, -0.15) is 0 Å². The molecule has 0 aliphatic carbocycles. The van der Waals surface area contributed by atoms with Crippen LogP contribution in [0.25, 0.3) is 0 Å². The number of hydrogen-bond donors (Lipinski definition) is 1. The molecule has 0 amide bonds. The van der Waals surface area contributed by atoms with Crippen molar-refractivity contribution in [1.29, 1.82) is 0 Å². The summed E-state index contributed by atoms with van der Waals surface area (Å²) in [4.78, 5) is 10.6. The Kier molecular flexibility index (Phi) is 10.8. The molecule has 0 aromatic carbocycles. The lowest BCUT2D eigenvalue weighted by Gasteiger charge is -2.10. The van der Waals surface area contributed by atoms with E-state index in [1.165, 1.54) is 44.9 Å². The van der Waals surface area contributed by atoms with Gasteiger partial charge in [0.25, 0.3) is 0 Å². The molecule has 0 radical (unpaired) electrons. The zero-order chi connectivity index (χ0) is 13.8. The van der Waals surface area contributed by atoms with Crippen LogP contribution in [0.2, 0.25) is 0 Å². The van der Waals surface area contributed by atoms with E-state index in [1.807, 2.05) is 6.08 Å². The van der Waals surface area contributed by atoms with Crippen LogP contribution in [0.3, 0.4) is 0 Å². The summed E-state index contributed by atoms with van der Waals surface area (Å²) in [6.07, 6.45) is 13.1. The van der Waals surface area contributed by atoms with E-state index >= 15 is 0 Å². The van der Waals surface area contributed by atoms with E-state index in [1.54, 1.807) is 6.92 Å². The number of carbonyl (C=O) groups is 1. The molecule has 0 spiro atoms. The molecule has 0 saturated heterocycles. The number of unbranched alkanes of at least 4 members (excludes halogenated alkanes) is 5. The van der Waals surface area contributed by atoms with Crippen LogP contribution in [-0.4, -0.2) is 11.1 Å². The first kappa shape index (κ1) is 17.2. The minimum Gasteiger partial charge on any atom is -0.478 e. The highest BCUT2D eigenvalue weighted by atomic mass is 16.4. The standard InChI is InChI=1S/C16H30O2/c1-4-5-6-8-11-14(2)12-9-7-10-13-15(3)16(17)18/h13-14H,4-12H2,1-3H3,(H,17,18)/b15-13+. The number of allylic oxidation sites excluding steroid dienone is 1. The smallest absolute Gasteiger partial charge is 0.330 e. The zero-order valence-electron chi connectivity index (χ0n) is 12.4. The van der Waals surface area contributed by atoms with Crippen molar-refractivity contribution in [3.05, 3.63) is 11.6 Å². The molecule has 106 valence electrons. The van der Waals surface area contributed by atoms with Gasteiger partial charge < -0.3 is 5.11 Å². The van der Waals surface area contributed by atoms with E-state index in [0.717, 1.165) is 18.8 Å². The van der Waals surface area contributed by atoms with Gasteiger partial charge in [0, 0.05) is 5.57 Å². The normalized spacial score (nSPS) is 13.6. The van der Waals surface area contributed by atoms with Crippen molar-refractivity contribution in [1.82, 2.24) is 0 Å². The lowest BCUT2D eigenvalue weighted by molar-refractivity contribution is -0.132. The van der Waals surface area contributed by atoms with E-state index < -0.39 is 5.97 Å². The largest absolute Gasteiger partial charge is 0.478 e. The molecule has 0 bridgehead atoms. The number of carboxylic acid groups (broad SMARTS) is 1. The summed E-state index contributed by atoms with van der Waals surface area (Å²) in [6, 6.07) is 0. The number of carboxylic acids is 1. The van der Waals surface area contributed by atoms with Crippen molar-refractivity contribution < 1.29 is 9.90 Å². The van der Waals surface area contributed by atoms with E-state index in [4.69, 9.17) is 5.11 Å². The molecule has 0 aromatic rings. The van der Waals surface area contributed by atoms with Crippen molar-refractivity contribution in [2.45, 2.75) is 78.6 Å². The fourth-order valence-corrected chi connectivity index (χ4v) is 2.11. The Labute approximate surface area is 112 Å². The summed E-state index contributed by atoms with van der Waals surface area (Å²) in [5.74, 6) is 0.0331. The van der Waals surface area contributed by atoms with Crippen molar-refractivity contribution in [3.63, 3.8) is 0 Å². The molecule has 0 fully saturated rings. The first-order chi connectivity index (χ1) is 8.57. The predicted molar refractivity (Wildman–Crippen MR) is 77.8 cm³/mol. The second-order valence-electron chi connectivity index (χ2n) is 5.43. The van der Waals surface area contributed by atoms with Crippen LogP contribution in [0, 0.1) is 5.92 Å². The van der Waals surface area contributed by atoms with Crippen molar-refractivity contribution >= 4 is 5.97 Å². The molecule has 0 saturated carbocycles. The van der Waals surface area contributed by atoms with E-state index in [-0.39, 0.29) is 0 Å². The van der Waals surface area contributed by atoms with Crippen molar-refractivity contribution in [2.75, 3.05) is 0 Å². The Hall–Kier alpha value is -0.790. The molecular formula is C16H30O2. The molecule has 0 aromatic heterocycles. The van der Waals surface area contributed by atoms with Gasteiger partial charge in [-0.1, -0.05) is 64.9 Å². The molecule has 0 rings (SSSR count). The first-order valence-electron chi connectivity index (χ1n) is 7.48. The third-order valence-corrected chi connectivity index (χ3v) is 3.49. The quantitative estimate of drug-likeness (QED) is 0.407. The zero-order valence-corrected chi connectivity index (χ0v) is 12.4. The fourth-order valence-electron chi connectivity index (χ4n) is 2.11. The van der Waals surface area contributed by atoms with Crippen LogP contribution in [0.1, 0.15) is 78.6 Å². The summed E-state index contributed by atoms with van der Waals surface area (Å²) in [7, 11) is 0. The van der Waals surface area contributed by atoms with Crippen LogP contribution in [0.4, 0.5) is 0 Å². The summed E-state index contributed by atoms with van der Waals surface area (Å²) in [5, 5.41) is 8.70. The van der Waals surface area contributed by atoms with Gasteiger partial charge in [0.15, 0.2) is 0 Å². The molecule has 2 nitrogen and oxygen atoms in total. The second kappa shape index (κ2) is 11.3. The maximum atomic E-state index is 10.6. The second-order valence-corrected chi connectivity index (χ2v) is 5.43. The summed E-state index contributed by atoms with van der Waals surface area (Å²) in [5.41, 5.74) is 0.475. The van der Waals surface area contributed by atoms with Crippen LogP contribution >= 0.6 is 0 Å². The molecule has 0 aliphatic rings. The monoisotopic (exact) mass is 254 g/mol. The Bertz CT molecular complexity index is 243. The number of rotatable bonds is 11. The van der Waals surface area contributed by atoms with Crippen LogP contribution in [-0.2, 0) is 4.79 Å². The Balaban J connectivity index is 3.43. The van der Waals surface area contributed by atoms with Gasteiger partial charge in [0.1, 0.15) is 0 Å². The highest BCUT2D eigenvalue weighted by Crippen LogP contribution is 2.17. The Morgan fingerprint density at radius 1 is 1.11 bits per heavy atom. The third-order valence-electron chi connectivity index (χ3n) is 3.49. The predicted octanol–water partition coefficient (Wildman–Crippen LogP) is 5.18. The molecule has 18 heavy (non-hydrogen) atoms. The van der Waals surface area contributed by atoms with Crippen LogP contribution < -0.4 is 0 Å². The summed E-state index contributed by atoms with van der Waals surface area (Å²) >= 11 is 0. The highest BCUT2D eigenvalue weighted by molar-refractivity contribution is 5.85. The van der Waals surface area contributed by atoms with Gasteiger partial charge in [-0.3, -0.25) is 0 Å². The van der Waals surface area contributed by atoms with Gasteiger partial charge in [-0.25, -0.2) is 4.79 Å². The van der Waals surface area contributed by atoms with E-state index in [2.05, 4.69) is 13.8 Å². The molecule has 2 heteroatoms. The molecule has 0 heterocycles. The van der Waals surface area contributed by atoms with Crippen LogP contribution in [0.5, 0.6) is 0 Å². The molecule has 1 atom stereocenters. The number of hydrogen-bond acceptors (Lipinski definition) is 1. The van der Waals surface area contributed by atoms with Gasteiger partial charge in [-0.15, -0.1) is 0 Å². The Morgan fingerprint density at radius 2 is 1.72 bits per heavy atom. The van der Waals surface area contributed by atoms with Crippen molar-refractivity contribution in [2.24, 2.45) is 5.92 Å². The lowest BCUT2D eigenvalue weighted by atomic mass is 9.96. The van der Waals surface area contributed by atoms with E-state index in [9.17, 15) is 4.79 Å². The summed E-state index contributed by atoms with van der Waals surface area (Å²) in [6.45, 7) is 6.25. The number of aliphatic carboxylic acids is 1. The molecule has 1 unspecified atom stereocenters. The molecule has 0 aliphatic heterocycles. The first-order valence-corrected chi connectivity index (χ1v) is 7.48. The van der Waals surface area contributed by atoms with Crippen molar-refractivity contribution in [3.8, 4) is 0 Å². The lowest BCUT2D eigenvalue weighted by Crippen LogP contribution is -1.96. The van der Waals surface area contributed by atoms with E-state index in [0.29, 0.717) is 5.57 Å². The highest BCUT2D eigenvalue weighted by Gasteiger charge is 2.02. The average Bonchev–Trinajstić information content (AvgIpc) is 2.33. The third kappa shape index (κ3) is 10.4. The van der Waals surface area contributed by atoms with Gasteiger partial charge in [0.2, 0.25) is 0 Å². The molecule has 1 N–H and O–H groups in total. The van der Waals surface area contributed by atoms with Gasteiger partial charge in [-0.05, 0) is 25.7 Å². The maximum Gasteiger partial charge on any atom is 0.330 e. The minimum absolute atomic E-state index is 0.475. The Morgan fingerprint density at radius 3 is 2.28 bits per heavy atom. The SMILES string of the molecule is CCCCCCC(C)CCCC/C=C(\C)C(=O)O.